The van der Waals surface area contributed by atoms with Crippen LogP contribution >= 0.6 is 0 Å². The summed E-state index contributed by atoms with van der Waals surface area (Å²) in [6.07, 6.45) is -4.68. The second-order valence-corrected chi connectivity index (χ2v) is 7.29. The molecule has 1 saturated heterocycles. The highest BCUT2D eigenvalue weighted by Crippen LogP contribution is 2.41. The molecule has 1 aromatic rings. The highest BCUT2D eigenvalue weighted by Gasteiger charge is 2.54. The highest BCUT2D eigenvalue weighted by atomic mass is 19.4. The van der Waals surface area contributed by atoms with Gasteiger partial charge in [0.05, 0.1) is 17.3 Å². The first-order chi connectivity index (χ1) is 12.5. The lowest BCUT2D eigenvalue weighted by molar-refractivity contribution is -0.188. The highest BCUT2D eigenvalue weighted by molar-refractivity contribution is 5.88. The summed E-state index contributed by atoms with van der Waals surface area (Å²) in [4.78, 5) is 25.2. The number of nitrogens with zero attached hydrogens (tertiary/aromatic N) is 1. The van der Waals surface area contributed by atoms with E-state index in [4.69, 9.17) is 14.6 Å². The van der Waals surface area contributed by atoms with Crippen LogP contribution in [0.2, 0.25) is 0 Å². The van der Waals surface area contributed by atoms with E-state index in [1.807, 2.05) is 0 Å². The van der Waals surface area contributed by atoms with Crippen LogP contribution in [0.1, 0.15) is 19.4 Å². The predicted octanol–water partition coefficient (Wildman–Crippen LogP) is 2.46. The first-order valence-corrected chi connectivity index (χ1v) is 8.51. The summed E-state index contributed by atoms with van der Waals surface area (Å²) in [6.45, 7) is 2.84. The Hall–Kier alpha value is -2.45. The minimum Gasteiger partial charge on any atom is -0.486 e. The number of carboxylic acids is 1. The van der Waals surface area contributed by atoms with E-state index < -0.39 is 48.4 Å². The number of amides is 1. The third-order valence-corrected chi connectivity index (χ3v) is 5.14. The molecule has 0 radical (unpaired) electrons. The second kappa shape index (κ2) is 6.61. The van der Waals surface area contributed by atoms with Crippen molar-refractivity contribution in [3.63, 3.8) is 0 Å². The summed E-state index contributed by atoms with van der Waals surface area (Å²) in [5.74, 6) is -4.84. The van der Waals surface area contributed by atoms with Crippen LogP contribution in [0.3, 0.4) is 0 Å². The van der Waals surface area contributed by atoms with Crippen molar-refractivity contribution in [2.75, 3.05) is 26.3 Å². The van der Waals surface area contributed by atoms with Crippen molar-refractivity contribution < 1.29 is 37.3 Å². The summed E-state index contributed by atoms with van der Waals surface area (Å²) in [5.41, 5.74) is -0.599. The van der Waals surface area contributed by atoms with E-state index in [2.05, 4.69) is 0 Å². The van der Waals surface area contributed by atoms with Gasteiger partial charge in [0.1, 0.15) is 13.2 Å². The second-order valence-electron chi connectivity index (χ2n) is 7.29. The van der Waals surface area contributed by atoms with Crippen molar-refractivity contribution >= 4 is 11.9 Å². The largest absolute Gasteiger partial charge is 0.486 e. The number of carbonyl (C=O) groups is 2. The molecule has 2 atom stereocenters. The minimum absolute atomic E-state index is 0.366. The van der Waals surface area contributed by atoms with Gasteiger partial charge in [0.15, 0.2) is 11.5 Å². The fraction of sp³-hybridized carbons (Fsp3) is 0.556. The molecule has 1 amide bonds. The zero-order valence-electron chi connectivity index (χ0n) is 14.9. The van der Waals surface area contributed by atoms with Gasteiger partial charge in [-0.05, 0) is 31.5 Å². The van der Waals surface area contributed by atoms with Crippen molar-refractivity contribution in [1.29, 1.82) is 0 Å². The van der Waals surface area contributed by atoms with Gasteiger partial charge in [0.2, 0.25) is 5.91 Å². The molecule has 0 saturated carbocycles. The summed E-state index contributed by atoms with van der Waals surface area (Å²) in [5, 5.41) is 9.13. The Bertz CT molecular complexity index is 762. The van der Waals surface area contributed by atoms with Crippen molar-refractivity contribution in [1.82, 2.24) is 4.90 Å². The lowest BCUT2D eigenvalue weighted by atomic mass is 9.83. The Labute approximate surface area is 153 Å². The lowest BCUT2D eigenvalue weighted by Crippen LogP contribution is -2.43. The van der Waals surface area contributed by atoms with E-state index in [9.17, 15) is 22.8 Å². The number of carboxylic acid groups (broad SMARTS) is 1. The third kappa shape index (κ3) is 3.54. The molecule has 1 aromatic carbocycles. The van der Waals surface area contributed by atoms with E-state index in [-0.39, 0.29) is 0 Å². The van der Waals surface area contributed by atoms with Gasteiger partial charge >= 0.3 is 12.1 Å². The van der Waals surface area contributed by atoms with Crippen LogP contribution in [-0.4, -0.2) is 54.4 Å². The summed E-state index contributed by atoms with van der Waals surface area (Å²) < 4.78 is 50.5. The number of rotatable bonds is 3. The van der Waals surface area contributed by atoms with Crippen LogP contribution < -0.4 is 9.47 Å². The Kier molecular flexibility index (Phi) is 4.73. The quantitative estimate of drug-likeness (QED) is 0.862. The van der Waals surface area contributed by atoms with Crippen LogP contribution in [0.5, 0.6) is 11.5 Å². The molecule has 148 valence electrons. The molecule has 9 heteroatoms. The van der Waals surface area contributed by atoms with Crippen molar-refractivity contribution in [3.05, 3.63) is 23.8 Å². The summed E-state index contributed by atoms with van der Waals surface area (Å²) in [7, 11) is 0. The fourth-order valence-corrected chi connectivity index (χ4v) is 3.50. The van der Waals surface area contributed by atoms with E-state index in [0.29, 0.717) is 30.3 Å². The Morgan fingerprint density at radius 3 is 2.30 bits per heavy atom. The Morgan fingerprint density at radius 2 is 1.74 bits per heavy atom. The van der Waals surface area contributed by atoms with Gasteiger partial charge in [-0.2, -0.15) is 13.2 Å². The normalized spacial score (nSPS) is 22.6. The van der Waals surface area contributed by atoms with Gasteiger partial charge in [-0.15, -0.1) is 0 Å². The van der Waals surface area contributed by atoms with Crippen molar-refractivity contribution in [2.24, 2.45) is 11.8 Å². The molecule has 0 spiro atoms. The fourth-order valence-electron chi connectivity index (χ4n) is 3.50. The molecular formula is C18H20F3NO5. The molecule has 1 N–H and O–H groups in total. The number of alkyl halides is 3. The zero-order chi connectivity index (χ0) is 20.0. The number of likely N-dealkylation sites (tertiary alicyclic amines) is 1. The predicted molar refractivity (Wildman–Crippen MR) is 87.7 cm³/mol. The number of fused-ring (bicyclic) bond motifs is 1. The van der Waals surface area contributed by atoms with Crippen molar-refractivity contribution in [3.8, 4) is 11.5 Å². The average molecular weight is 387 g/mol. The van der Waals surface area contributed by atoms with E-state index in [1.165, 1.54) is 0 Å². The van der Waals surface area contributed by atoms with Gasteiger partial charge in [-0.25, -0.2) is 0 Å². The molecule has 0 aliphatic carbocycles. The third-order valence-electron chi connectivity index (χ3n) is 5.14. The number of aliphatic carboxylic acids is 1. The van der Waals surface area contributed by atoms with Gasteiger partial charge in [-0.1, -0.05) is 6.07 Å². The molecule has 1 fully saturated rings. The van der Waals surface area contributed by atoms with E-state index >= 15 is 0 Å². The summed E-state index contributed by atoms with van der Waals surface area (Å²) in [6, 6.07) is 4.96. The van der Waals surface area contributed by atoms with Gasteiger partial charge in [-0.3, -0.25) is 9.59 Å². The van der Waals surface area contributed by atoms with Crippen LogP contribution in [0, 0.1) is 11.8 Å². The van der Waals surface area contributed by atoms with Gasteiger partial charge in [0.25, 0.3) is 0 Å². The van der Waals surface area contributed by atoms with Crippen LogP contribution in [0.4, 0.5) is 13.2 Å². The van der Waals surface area contributed by atoms with Gasteiger partial charge in [0, 0.05) is 13.1 Å². The standard InChI is InChI=1S/C18H20F3NO5/c1-17(2,10-3-4-13-14(7-10)27-6-5-26-13)16(25)22-8-11(15(23)24)12(9-22)18(19,20)21/h3-4,7,11-12H,5-6,8-9H2,1-2H3,(H,23,24)/t11-,12-/m1/s1. The maximum atomic E-state index is 13.2. The Balaban J connectivity index is 1.85. The number of halogens is 3. The Morgan fingerprint density at radius 1 is 1.11 bits per heavy atom. The molecule has 2 aliphatic rings. The molecule has 27 heavy (non-hydrogen) atoms. The number of hydrogen-bond donors (Lipinski definition) is 1. The summed E-state index contributed by atoms with van der Waals surface area (Å²) >= 11 is 0. The molecule has 0 aromatic heterocycles. The molecule has 3 rings (SSSR count). The average Bonchev–Trinajstić information content (AvgIpc) is 3.06. The zero-order valence-corrected chi connectivity index (χ0v) is 14.9. The maximum Gasteiger partial charge on any atom is 0.394 e. The topological polar surface area (TPSA) is 76.1 Å². The smallest absolute Gasteiger partial charge is 0.394 e. The monoisotopic (exact) mass is 387 g/mol. The first kappa shape index (κ1) is 19.3. The first-order valence-electron chi connectivity index (χ1n) is 8.51. The number of hydrogen-bond acceptors (Lipinski definition) is 4. The maximum absolute atomic E-state index is 13.2. The molecule has 0 bridgehead atoms. The van der Waals surface area contributed by atoms with Gasteiger partial charge < -0.3 is 19.5 Å². The molecule has 2 heterocycles. The van der Waals surface area contributed by atoms with E-state index in [1.54, 1.807) is 32.0 Å². The molecule has 2 aliphatic heterocycles. The molecule has 0 unspecified atom stereocenters. The number of ether oxygens (including phenoxy) is 2. The molecule has 6 nitrogen and oxygen atoms in total. The number of benzene rings is 1. The van der Waals surface area contributed by atoms with Crippen LogP contribution in [-0.2, 0) is 15.0 Å². The number of carbonyl (C=O) groups excluding carboxylic acids is 1. The van der Waals surface area contributed by atoms with Crippen LogP contribution in [0.15, 0.2) is 18.2 Å². The van der Waals surface area contributed by atoms with Crippen LogP contribution in [0.25, 0.3) is 0 Å². The van der Waals surface area contributed by atoms with E-state index in [0.717, 1.165) is 4.90 Å². The minimum atomic E-state index is -4.68. The molecular weight excluding hydrogens is 367 g/mol. The van der Waals surface area contributed by atoms with Crippen molar-refractivity contribution in [2.45, 2.75) is 25.4 Å². The lowest BCUT2D eigenvalue weighted by Gasteiger charge is -2.31. The SMILES string of the molecule is CC(C)(C(=O)N1C[C@@H](C(F)(F)F)[C@H](C(=O)O)C1)c1ccc2c(c1)OCCO2.